The molecule has 0 aliphatic rings. The highest BCUT2D eigenvalue weighted by Gasteiger charge is 2.29. The van der Waals surface area contributed by atoms with Crippen molar-refractivity contribution in [1.82, 2.24) is 14.4 Å². The van der Waals surface area contributed by atoms with Crippen molar-refractivity contribution in [2.45, 2.75) is 46.2 Å². The molecule has 2 rings (SSSR count). The van der Waals surface area contributed by atoms with Crippen molar-refractivity contribution in [2.75, 3.05) is 27.3 Å². The van der Waals surface area contributed by atoms with Crippen molar-refractivity contribution in [3.63, 3.8) is 0 Å². The fourth-order valence-electron chi connectivity index (χ4n) is 3.44. The number of unbranched alkanes of at least 4 members (excludes halogenated alkanes) is 1. The van der Waals surface area contributed by atoms with Crippen LogP contribution in [0.1, 0.15) is 49.7 Å². The predicted molar refractivity (Wildman–Crippen MR) is 121 cm³/mol. The predicted octanol–water partition coefficient (Wildman–Crippen LogP) is 3.72. The second kappa shape index (κ2) is 11.4. The minimum Gasteiger partial charge on any atom is -0.496 e. The number of ether oxygens (including phenoxy) is 2. The molecule has 31 heavy (non-hydrogen) atoms. The van der Waals surface area contributed by atoms with Crippen LogP contribution in [0, 0.1) is 0 Å². The van der Waals surface area contributed by atoms with Crippen LogP contribution in [0.2, 0.25) is 0 Å². The minimum absolute atomic E-state index is 0.00810. The molecule has 1 aromatic heterocycles. The van der Waals surface area contributed by atoms with Crippen molar-refractivity contribution in [1.29, 1.82) is 0 Å². The molecule has 0 saturated heterocycles. The van der Waals surface area contributed by atoms with Gasteiger partial charge in [0.25, 0.3) is 5.91 Å². The van der Waals surface area contributed by atoms with E-state index < -0.39 is 0 Å². The van der Waals surface area contributed by atoms with Gasteiger partial charge in [0.05, 0.1) is 20.8 Å². The van der Waals surface area contributed by atoms with Crippen LogP contribution in [0.5, 0.6) is 11.5 Å². The molecular formula is C24H35N3O4. The highest BCUT2D eigenvalue weighted by molar-refractivity contribution is 6.01. The van der Waals surface area contributed by atoms with Gasteiger partial charge in [-0.15, -0.1) is 0 Å². The molecule has 170 valence electrons. The molecule has 1 heterocycles. The second-order valence-electron chi connectivity index (χ2n) is 7.84. The minimum atomic E-state index is -0.285. The number of amides is 2. The van der Waals surface area contributed by atoms with Crippen molar-refractivity contribution in [2.24, 2.45) is 7.05 Å². The highest BCUT2D eigenvalue weighted by atomic mass is 16.5. The maximum Gasteiger partial charge on any atom is 0.262 e. The van der Waals surface area contributed by atoms with E-state index in [1.807, 2.05) is 48.7 Å². The maximum absolute atomic E-state index is 13.5. The number of methoxy groups -OCH3 is 2. The third-order valence-corrected chi connectivity index (χ3v) is 5.37. The molecule has 0 N–H and O–H groups in total. The van der Waals surface area contributed by atoms with E-state index in [2.05, 4.69) is 6.92 Å². The summed E-state index contributed by atoms with van der Waals surface area (Å²) in [5.74, 6) is 0.487. The van der Waals surface area contributed by atoms with Crippen molar-refractivity contribution < 1.29 is 19.1 Å². The zero-order valence-corrected chi connectivity index (χ0v) is 19.6. The smallest absolute Gasteiger partial charge is 0.262 e. The Morgan fingerprint density at radius 1 is 1.06 bits per heavy atom. The molecule has 0 atom stereocenters. The summed E-state index contributed by atoms with van der Waals surface area (Å²) in [7, 11) is 5.00. The number of rotatable bonds is 11. The largest absolute Gasteiger partial charge is 0.496 e. The van der Waals surface area contributed by atoms with Gasteiger partial charge in [0, 0.05) is 31.5 Å². The Balaban J connectivity index is 2.29. The Morgan fingerprint density at radius 3 is 2.19 bits per heavy atom. The van der Waals surface area contributed by atoms with Crippen molar-refractivity contribution >= 4 is 11.8 Å². The number of hydrogen-bond acceptors (Lipinski definition) is 4. The summed E-state index contributed by atoms with van der Waals surface area (Å²) in [6.07, 6.45) is 3.87. The monoisotopic (exact) mass is 429 g/mol. The number of hydrogen-bond donors (Lipinski definition) is 0. The average Bonchev–Trinajstić information content (AvgIpc) is 3.17. The van der Waals surface area contributed by atoms with Crippen LogP contribution in [0.4, 0.5) is 0 Å². The standard InChI is InChI=1S/C24H35N3O4/c1-7-8-15-26(16-19-11-10-14-25(19)4)22(28)17-27(18(2)3)24(29)23-20(30-5)12-9-13-21(23)31-6/h9-14,18H,7-8,15-17H2,1-6H3. The molecule has 7 heteroatoms. The van der Waals surface area contributed by atoms with Crippen molar-refractivity contribution in [3.05, 3.63) is 47.8 Å². The number of nitrogens with zero attached hydrogens (tertiary/aromatic N) is 3. The topological polar surface area (TPSA) is 64.0 Å². The first kappa shape index (κ1) is 24.3. The SMILES string of the molecule is CCCCN(Cc1cccn1C)C(=O)CN(C(=O)c1c(OC)cccc1OC)C(C)C. The number of aryl methyl sites for hydroxylation is 1. The molecule has 0 bridgehead atoms. The molecular weight excluding hydrogens is 394 g/mol. The van der Waals surface area contributed by atoms with E-state index in [1.165, 1.54) is 14.2 Å². The number of carbonyl (C=O) groups excluding carboxylic acids is 2. The Hall–Kier alpha value is -2.96. The van der Waals surface area contributed by atoms with Crippen LogP contribution in [-0.2, 0) is 18.4 Å². The van der Waals surface area contributed by atoms with E-state index in [-0.39, 0.29) is 24.4 Å². The second-order valence-corrected chi connectivity index (χ2v) is 7.84. The van der Waals surface area contributed by atoms with Crippen LogP contribution >= 0.6 is 0 Å². The van der Waals surface area contributed by atoms with Gasteiger partial charge in [-0.25, -0.2) is 0 Å². The third-order valence-electron chi connectivity index (χ3n) is 5.37. The van der Waals surface area contributed by atoms with Gasteiger partial charge in [0.2, 0.25) is 5.91 Å². The molecule has 7 nitrogen and oxygen atoms in total. The summed E-state index contributed by atoms with van der Waals surface area (Å²) in [5.41, 5.74) is 1.38. The fourth-order valence-corrected chi connectivity index (χ4v) is 3.44. The summed E-state index contributed by atoms with van der Waals surface area (Å²) < 4.78 is 12.8. The normalized spacial score (nSPS) is 10.8. The summed E-state index contributed by atoms with van der Waals surface area (Å²) in [5, 5.41) is 0. The van der Waals surface area contributed by atoms with E-state index >= 15 is 0 Å². The zero-order chi connectivity index (χ0) is 23.0. The van der Waals surface area contributed by atoms with E-state index in [4.69, 9.17) is 9.47 Å². The summed E-state index contributed by atoms with van der Waals surface area (Å²) in [4.78, 5) is 30.2. The molecule has 2 amide bonds. The van der Waals surface area contributed by atoms with Crippen molar-refractivity contribution in [3.8, 4) is 11.5 Å². The number of carbonyl (C=O) groups is 2. The molecule has 0 radical (unpaired) electrons. The Labute approximate surface area is 185 Å². The Bertz CT molecular complexity index is 853. The van der Waals surface area contributed by atoms with E-state index in [1.54, 1.807) is 23.1 Å². The summed E-state index contributed by atoms with van der Waals surface area (Å²) in [6, 6.07) is 9.02. The first-order valence-electron chi connectivity index (χ1n) is 10.7. The van der Waals surface area contributed by atoms with E-state index in [0.29, 0.717) is 30.2 Å². The van der Waals surface area contributed by atoms with Gasteiger partial charge >= 0.3 is 0 Å². The zero-order valence-electron chi connectivity index (χ0n) is 19.6. The van der Waals surface area contributed by atoms with Crippen LogP contribution in [0.15, 0.2) is 36.5 Å². The molecule has 0 saturated carbocycles. The summed E-state index contributed by atoms with van der Waals surface area (Å²) in [6.45, 7) is 7.06. The van der Waals surface area contributed by atoms with Crippen LogP contribution in [-0.4, -0.2) is 59.5 Å². The summed E-state index contributed by atoms with van der Waals surface area (Å²) >= 11 is 0. The van der Waals surface area contributed by atoms with Crippen LogP contribution in [0.25, 0.3) is 0 Å². The van der Waals surface area contributed by atoms with Gasteiger partial charge in [-0.2, -0.15) is 0 Å². The van der Waals surface area contributed by atoms with Gasteiger partial charge in [0.15, 0.2) is 0 Å². The molecule has 0 aliphatic heterocycles. The lowest BCUT2D eigenvalue weighted by Gasteiger charge is -2.31. The number of benzene rings is 1. The van der Waals surface area contributed by atoms with E-state index in [9.17, 15) is 9.59 Å². The Kier molecular flexibility index (Phi) is 8.97. The van der Waals surface area contributed by atoms with Gasteiger partial charge in [-0.05, 0) is 44.5 Å². The molecule has 0 spiro atoms. The maximum atomic E-state index is 13.5. The molecule has 0 unspecified atom stereocenters. The first-order valence-corrected chi connectivity index (χ1v) is 10.7. The van der Waals surface area contributed by atoms with Crippen LogP contribution < -0.4 is 9.47 Å². The molecule has 2 aromatic rings. The first-order chi connectivity index (χ1) is 14.8. The van der Waals surface area contributed by atoms with Gasteiger partial charge in [-0.3, -0.25) is 9.59 Å². The molecule has 1 aromatic carbocycles. The molecule has 0 aliphatic carbocycles. The highest BCUT2D eigenvalue weighted by Crippen LogP contribution is 2.30. The molecule has 0 fully saturated rings. The Morgan fingerprint density at radius 2 is 1.71 bits per heavy atom. The lowest BCUT2D eigenvalue weighted by molar-refractivity contribution is -0.133. The van der Waals surface area contributed by atoms with Gasteiger partial charge in [0.1, 0.15) is 23.6 Å². The van der Waals surface area contributed by atoms with Crippen LogP contribution in [0.3, 0.4) is 0 Å². The number of aromatic nitrogens is 1. The van der Waals surface area contributed by atoms with E-state index in [0.717, 1.165) is 18.5 Å². The lowest BCUT2D eigenvalue weighted by Crippen LogP contribution is -2.46. The quantitative estimate of drug-likeness (QED) is 0.546. The van der Waals surface area contributed by atoms with Gasteiger partial charge < -0.3 is 23.8 Å². The average molecular weight is 430 g/mol. The third kappa shape index (κ3) is 6.03. The fraction of sp³-hybridized carbons (Fsp3) is 0.500. The van der Waals surface area contributed by atoms with Gasteiger partial charge in [-0.1, -0.05) is 19.4 Å². The lowest BCUT2D eigenvalue weighted by atomic mass is 10.1.